The maximum atomic E-state index is 12.8. The smallest absolute Gasteiger partial charge is 0.231 e. The van der Waals surface area contributed by atoms with E-state index in [9.17, 15) is 4.39 Å². The maximum Gasteiger partial charge on any atom is 0.231 e. The number of ether oxygens (including phenoxy) is 1. The SMILES string of the molecule is N#Cc1cc(OC[C@H]2CCN2)cnc1F. The van der Waals surface area contributed by atoms with Crippen LogP contribution in [0.15, 0.2) is 12.3 Å². The fraction of sp³-hybridized carbons (Fsp3) is 0.400. The van der Waals surface area contributed by atoms with Crippen molar-refractivity contribution in [3.63, 3.8) is 0 Å². The van der Waals surface area contributed by atoms with Crippen LogP contribution in [-0.4, -0.2) is 24.2 Å². The van der Waals surface area contributed by atoms with Gasteiger partial charge in [0.2, 0.25) is 5.95 Å². The minimum atomic E-state index is -0.758. The Bertz CT molecular complexity index is 398. The van der Waals surface area contributed by atoms with Gasteiger partial charge in [-0.3, -0.25) is 0 Å². The van der Waals surface area contributed by atoms with E-state index in [2.05, 4.69) is 10.3 Å². The first-order chi connectivity index (χ1) is 7.29. The van der Waals surface area contributed by atoms with Gasteiger partial charge in [-0.2, -0.15) is 9.65 Å². The second-order valence-electron chi connectivity index (χ2n) is 3.37. The van der Waals surface area contributed by atoms with Crippen molar-refractivity contribution in [2.45, 2.75) is 12.5 Å². The molecule has 5 heteroatoms. The number of hydrogen-bond acceptors (Lipinski definition) is 4. The monoisotopic (exact) mass is 207 g/mol. The summed E-state index contributed by atoms with van der Waals surface area (Å²) in [6.45, 7) is 1.54. The zero-order valence-corrected chi connectivity index (χ0v) is 8.03. The van der Waals surface area contributed by atoms with Crippen LogP contribution >= 0.6 is 0 Å². The minimum absolute atomic E-state index is 0.0888. The summed E-state index contributed by atoms with van der Waals surface area (Å²) in [7, 11) is 0. The van der Waals surface area contributed by atoms with Gasteiger partial charge in [0.15, 0.2) is 0 Å². The first-order valence-electron chi connectivity index (χ1n) is 4.71. The Kier molecular flexibility index (Phi) is 2.79. The lowest BCUT2D eigenvalue weighted by atomic mass is 10.1. The molecule has 1 aromatic rings. The molecule has 0 aromatic carbocycles. The van der Waals surface area contributed by atoms with Crippen LogP contribution in [-0.2, 0) is 0 Å². The quantitative estimate of drug-likeness (QED) is 0.746. The van der Waals surface area contributed by atoms with Crippen LogP contribution in [0.3, 0.4) is 0 Å². The van der Waals surface area contributed by atoms with Crippen molar-refractivity contribution in [2.75, 3.05) is 13.2 Å². The number of hydrogen-bond donors (Lipinski definition) is 1. The molecule has 0 spiro atoms. The van der Waals surface area contributed by atoms with E-state index < -0.39 is 5.95 Å². The number of nitriles is 1. The number of rotatable bonds is 3. The van der Waals surface area contributed by atoms with Gasteiger partial charge >= 0.3 is 0 Å². The van der Waals surface area contributed by atoms with E-state index in [0.717, 1.165) is 13.0 Å². The third-order valence-corrected chi connectivity index (χ3v) is 2.31. The second-order valence-corrected chi connectivity index (χ2v) is 3.37. The molecule has 0 saturated carbocycles. The first-order valence-corrected chi connectivity index (χ1v) is 4.71. The Morgan fingerprint density at radius 3 is 3.13 bits per heavy atom. The Morgan fingerprint density at radius 1 is 1.73 bits per heavy atom. The molecule has 0 bridgehead atoms. The second kappa shape index (κ2) is 4.24. The van der Waals surface area contributed by atoms with E-state index >= 15 is 0 Å². The number of pyridine rings is 1. The van der Waals surface area contributed by atoms with Crippen LogP contribution in [0.1, 0.15) is 12.0 Å². The molecule has 78 valence electrons. The summed E-state index contributed by atoms with van der Waals surface area (Å²) in [6, 6.07) is 3.44. The highest BCUT2D eigenvalue weighted by Crippen LogP contribution is 2.14. The van der Waals surface area contributed by atoms with E-state index in [-0.39, 0.29) is 5.56 Å². The summed E-state index contributed by atoms with van der Waals surface area (Å²) in [6.07, 6.45) is 2.37. The van der Waals surface area contributed by atoms with Crippen molar-refractivity contribution in [1.29, 1.82) is 5.26 Å². The van der Waals surface area contributed by atoms with Gasteiger partial charge in [0, 0.05) is 12.1 Å². The summed E-state index contributed by atoms with van der Waals surface area (Å²) in [5.74, 6) is -0.326. The molecule has 1 aromatic heterocycles. The fourth-order valence-electron chi connectivity index (χ4n) is 1.27. The van der Waals surface area contributed by atoms with Crippen LogP contribution in [0.25, 0.3) is 0 Å². The predicted octanol–water partition coefficient (Wildman–Crippen LogP) is 0.833. The van der Waals surface area contributed by atoms with E-state index in [1.165, 1.54) is 12.3 Å². The lowest BCUT2D eigenvalue weighted by molar-refractivity contribution is 0.216. The number of nitrogens with zero attached hydrogens (tertiary/aromatic N) is 2. The molecule has 1 saturated heterocycles. The topological polar surface area (TPSA) is 57.9 Å². The van der Waals surface area contributed by atoms with Crippen molar-refractivity contribution in [3.8, 4) is 11.8 Å². The highest BCUT2D eigenvalue weighted by Gasteiger charge is 2.16. The van der Waals surface area contributed by atoms with Crippen LogP contribution < -0.4 is 10.1 Å². The number of aromatic nitrogens is 1. The summed E-state index contributed by atoms with van der Waals surface area (Å²) in [4.78, 5) is 3.44. The summed E-state index contributed by atoms with van der Waals surface area (Å²) < 4.78 is 18.2. The predicted molar refractivity (Wildman–Crippen MR) is 50.8 cm³/mol. The summed E-state index contributed by atoms with van der Waals surface area (Å²) in [5.41, 5.74) is -0.0888. The molecule has 0 amide bonds. The molecular formula is C10H10FN3O. The standard InChI is InChI=1S/C10H10FN3O/c11-10-7(4-12)3-9(5-14-10)15-6-8-1-2-13-8/h3,5,8,13H,1-2,6H2/t8-/m1/s1. The number of halogens is 1. The van der Waals surface area contributed by atoms with Crippen molar-refractivity contribution in [1.82, 2.24) is 10.3 Å². The fourth-order valence-corrected chi connectivity index (χ4v) is 1.27. The van der Waals surface area contributed by atoms with Crippen molar-refractivity contribution in [3.05, 3.63) is 23.8 Å². The van der Waals surface area contributed by atoms with E-state index in [0.29, 0.717) is 18.4 Å². The van der Waals surface area contributed by atoms with E-state index in [4.69, 9.17) is 10.00 Å². The molecule has 2 rings (SSSR count). The summed E-state index contributed by atoms with van der Waals surface area (Å²) in [5, 5.41) is 11.8. The van der Waals surface area contributed by atoms with Gasteiger partial charge in [0.05, 0.1) is 6.20 Å². The zero-order valence-electron chi connectivity index (χ0n) is 8.03. The van der Waals surface area contributed by atoms with Gasteiger partial charge in [-0.15, -0.1) is 0 Å². The highest BCUT2D eigenvalue weighted by atomic mass is 19.1. The van der Waals surface area contributed by atoms with Crippen LogP contribution in [0, 0.1) is 17.3 Å². The third kappa shape index (κ3) is 2.22. The lowest BCUT2D eigenvalue weighted by Gasteiger charge is -2.27. The van der Waals surface area contributed by atoms with Crippen molar-refractivity contribution in [2.24, 2.45) is 0 Å². The normalized spacial score (nSPS) is 19.1. The largest absolute Gasteiger partial charge is 0.490 e. The number of nitrogens with one attached hydrogen (secondary N) is 1. The van der Waals surface area contributed by atoms with Gasteiger partial charge in [-0.1, -0.05) is 0 Å². The molecule has 1 aliphatic rings. The average molecular weight is 207 g/mol. The molecule has 1 N–H and O–H groups in total. The maximum absolute atomic E-state index is 12.8. The van der Waals surface area contributed by atoms with Crippen LogP contribution in [0.4, 0.5) is 4.39 Å². The minimum Gasteiger partial charge on any atom is -0.490 e. The van der Waals surface area contributed by atoms with Gasteiger partial charge in [0.25, 0.3) is 0 Å². The van der Waals surface area contributed by atoms with Crippen LogP contribution in [0.2, 0.25) is 0 Å². The summed E-state index contributed by atoms with van der Waals surface area (Å²) >= 11 is 0. The lowest BCUT2D eigenvalue weighted by Crippen LogP contribution is -2.46. The molecule has 0 radical (unpaired) electrons. The molecule has 15 heavy (non-hydrogen) atoms. The van der Waals surface area contributed by atoms with Crippen LogP contribution in [0.5, 0.6) is 5.75 Å². The Labute approximate surface area is 86.7 Å². The molecule has 1 atom stereocenters. The van der Waals surface area contributed by atoms with E-state index in [1.54, 1.807) is 6.07 Å². The molecule has 0 unspecified atom stereocenters. The van der Waals surface area contributed by atoms with Gasteiger partial charge in [-0.05, 0) is 13.0 Å². The molecule has 1 fully saturated rings. The van der Waals surface area contributed by atoms with Gasteiger partial charge in [-0.25, -0.2) is 4.98 Å². The van der Waals surface area contributed by atoms with Gasteiger partial charge < -0.3 is 10.1 Å². The zero-order chi connectivity index (χ0) is 10.7. The molecular weight excluding hydrogens is 197 g/mol. The molecule has 1 aliphatic heterocycles. The molecule has 2 heterocycles. The van der Waals surface area contributed by atoms with Gasteiger partial charge in [0.1, 0.15) is 24.0 Å². The van der Waals surface area contributed by atoms with Crippen molar-refractivity contribution >= 4 is 0 Å². The molecule has 0 aliphatic carbocycles. The van der Waals surface area contributed by atoms with E-state index in [1.807, 2.05) is 0 Å². The Hall–Kier alpha value is -1.67. The third-order valence-electron chi connectivity index (χ3n) is 2.31. The van der Waals surface area contributed by atoms with Crippen molar-refractivity contribution < 1.29 is 9.13 Å². The molecule has 4 nitrogen and oxygen atoms in total. The Balaban J connectivity index is 1.99. The first kappa shape index (κ1) is 9.87. The average Bonchev–Trinajstić information content (AvgIpc) is 2.18. The Morgan fingerprint density at radius 2 is 2.53 bits per heavy atom. The highest BCUT2D eigenvalue weighted by molar-refractivity contribution is 5.33.